The maximum absolute atomic E-state index is 6.26. The van der Waals surface area contributed by atoms with Crippen LogP contribution in [0.15, 0.2) is 79.3 Å². The van der Waals surface area contributed by atoms with E-state index in [-0.39, 0.29) is 0 Å². The maximum atomic E-state index is 6.26. The van der Waals surface area contributed by atoms with Crippen LogP contribution in [0, 0.1) is 0 Å². The van der Waals surface area contributed by atoms with Crippen molar-refractivity contribution in [3.63, 3.8) is 0 Å². The molecule has 2 heterocycles. The molecule has 2 aromatic heterocycles. The van der Waals surface area contributed by atoms with E-state index in [1.807, 2.05) is 29.8 Å². The highest BCUT2D eigenvalue weighted by atomic mass is 35.5. The topological polar surface area (TPSA) is 8.81 Å². The zero-order chi connectivity index (χ0) is 17.9. The van der Waals surface area contributed by atoms with E-state index >= 15 is 0 Å². The molecule has 0 aliphatic rings. The molecule has 26 heavy (non-hydrogen) atoms. The van der Waals surface area contributed by atoms with Gasteiger partial charge in [0.05, 0.1) is 0 Å². The van der Waals surface area contributed by atoms with Crippen molar-refractivity contribution in [3.8, 4) is 0 Å². The Labute approximate surface area is 158 Å². The smallest absolute Gasteiger partial charge is 0.169 e. The third-order valence-electron chi connectivity index (χ3n) is 4.53. The number of aryl methyl sites for hydroxylation is 1. The summed E-state index contributed by atoms with van der Waals surface area (Å²) in [6.45, 7) is 0.841. The Morgan fingerprint density at radius 3 is 2.50 bits per heavy atom. The highest BCUT2D eigenvalue weighted by molar-refractivity contribution is 6.31. The summed E-state index contributed by atoms with van der Waals surface area (Å²) in [5.41, 5.74) is 4.82. The van der Waals surface area contributed by atoms with Crippen LogP contribution in [0.4, 0.5) is 0 Å². The average molecular weight is 360 g/mol. The summed E-state index contributed by atoms with van der Waals surface area (Å²) in [5, 5.41) is 1.93. The van der Waals surface area contributed by atoms with Gasteiger partial charge in [0.1, 0.15) is 7.05 Å². The van der Waals surface area contributed by atoms with Crippen molar-refractivity contribution < 1.29 is 4.57 Å². The van der Waals surface area contributed by atoms with Crippen molar-refractivity contribution >= 4 is 34.7 Å². The summed E-state index contributed by atoms with van der Waals surface area (Å²) in [6, 6.07) is 20.8. The molecule has 0 aliphatic heterocycles. The predicted molar refractivity (Wildman–Crippen MR) is 109 cm³/mol. The standard InChI is InChI=1S/C23H20ClN2/c1-25-13-11-18(12-14-25)7-8-20-17-26(16-19-5-3-2-4-6-19)23-10-9-21(24)15-22(20)23/h2-15,17H,16H2,1H3/q+1. The van der Waals surface area contributed by atoms with Gasteiger partial charge in [0, 0.05) is 46.4 Å². The molecular formula is C23H20ClN2+. The van der Waals surface area contributed by atoms with Gasteiger partial charge in [0.25, 0.3) is 0 Å². The van der Waals surface area contributed by atoms with Gasteiger partial charge in [0.15, 0.2) is 12.4 Å². The number of benzene rings is 2. The molecular weight excluding hydrogens is 340 g/mol. The first-order valence-electron chi connectivity index (χ1n) is 8.65. The van der Waals surface area contributed by atoms with Crippen LogP contribution in [0.5, 0.6) is 0 Å². The van der Waals surface area contributed by atoms with Gasteiger partial charge in [-0.25, -0.2) is 4.57 Å². The molecule has 0 saturated heterocycles. The first kappa shape index (κ1) is 16.6. The van der Waals surface area contributed by atoms with Crippen LogP contribution in [-0.4, -0.2) is 4.57 Å². The van der Waals surface area contributed by atoms with Crippen molar-refractivity contribution in [2.24, 2.45) is 7.05 Å². The molecule has 128 valence electrons. The average Bonchev–Trinajstić information content (AvgIpc) is 2.99. The van der Waals surface area contributed by atoms with Crippen molar-refractivity contribution in [2.75, 3.05) is 0 Å². The second-order valence-electron chi connectivity index (χ2n) is 6.49. The third kappa shape index (κ3) is 3.56. The molecule has 2 aromatic carbocycles. The van der Waals surface area contributed by atoms with Gasteiger partial charge in [-0.15, -0.1) is 0 Å². The lowest BCUT2D eigenvalue weighted by atomic mass is 10.1. The molecule has 0 bridgehead atoms. The van der Waals surface area contributed by atoms with Crippen molar-refractivity contribution in [3.05, 3.63) is 101 Å². The van der Waals surface area contributed by atoms with E-state index in [0.29, 0.717) is 0 Å². The van der Waals surface area contributed by atoms with E-state index in [9.17, 15) is 0 Å². The lowest BCUT2D eigenvalue weighted by Gasteiger charge is -2.05. The lowest BCUT2D eigenvalue weighted by Crippen LogP contribution is -2.25. The largest absolute Gasteiger partial charge is 0.342 e. The first-order chi connectivity index (χ1) is 12.7. The number of rotatable bonds is 4. The zero-order valence-electron chi connectivity index (χ0n) is 14.6. The number of halogens is 1. The van der Waals surface area contributed by atoms with Crippen LogP contribution in [0.1, 0.15) is 16.7 Å². The molecule has 2 nitrogen and oxygen atoms in total. The Morgan fingerprint density at radius 1 is 0.962 bits per heavy atom. The summed E-state index contributed by atoms with van der Waals surface area (Å²) in [6.07, 6.45) is 10.6. The summed E-state index contributed by atoms with van der Waals surface area (Å²) >= 11 is 6.26. The van der Waals surface area contributed by atoms with Crippen molar-refractivity contribution in [1.82, 2.24) is 4.57 Å². The number of aromatic nitrogens is 2. The van der Waals surface area contributed by atoms with Crippen LogP contribution >= 0.6 is 11.6 Å². The van der Waals surface area contributed by atoms with E-state index in [4.69, 9.17) is 11.6 Å². The summed E-state index contributed by atoms with van der Waals surface area (Å²) in [4.78, 5) is 0. The molecule has 4 aromatic rings. The van der Waals surface area contributed by atoms with Gasteiger partial charge < -0.3 is 4.57 Å². The van der Waals surface area contributed by atoms with Gasteiger partial charge >= 0.3 is 0 Å². The Balaban J connectivity index is 1.74. The summed E-state index contributed by atoms with van der Waals surface area (Å²) in [7, 11) is 2.02. The molecule has 0 radical (unpaired) electrons. The van der Waals surface area contributed by atoms with Crippen LogP contribution in [0.2, 0.25) is 5.02 Å². The Kier molecular flexibility index (Phi) is 4.59. The van der Waals surface area contributed by atoms with Crippen LogP contribution in [0.25, 0.3) is 23.1 Å². The van der Waals surface area contributed by atoms with Gasteiger partial charge in [-0.1, -0.05) is 54.1 Å². The van der Waals surface area contributed by atoms with Crippen molar-refractivity contribution in [1.29, 1.82) is 0 Å². The number of hydrogen-bond acceptors (Lipinski definition) is 0. The molecule has 3 heteroatoms. The minimum Gasteiger partial charge on any atom is -0.342 e. The minimum absolute atomic E-state index is 0.761. The molecule has 0 unspecified atom stereocenters. The molecule has 0 saturated carbocycles. The van der Waals surface area contributed by atoms with Crippen molar-refractivity contribution in [2.45, 2.75) is 6.54 Å². The zero-order valence-corrected chi connectivity index (χ0v) is 15.4. The summed E-state index contributed by atoms with van der Waals surface area (Å²) in [5.74, 6) is 0. The lowest BCUT2D eigenvalue weighted by molar-refractivity contribution is -0.671. The van der Waals surface area contributed by atoms with E-state index in [2.05, 4.69) is 77.8 Å². The quantitative estimate of drug-likeness (QED) is 0.435. The number of hydrogen-bond donors (Lipinski definition) is 0. The van der Waals surface area contributed by atoms with Gasteiger partial charge in [-0.05, 0) is 29.3 Å². The van der Waals surface area contributed by atoms with E-state index in [1.54, 1.807) is 0 Å². The van der Waals surface area contributed by atoms with Crippen LogP contribution in [-0.2, 0) is 13.6 Å². The van der Waals surface area contributed by atoms with Gasteiger partial charge in [-0.3, -0.25) is 0 Å². The number of pyridine rings is 1. The maximum Gasteiger partial charge on any atom is 0.169 e. The highest BCUT2D eigenvalue weighted by Crippen LogP contribution is 2.27. The molecule has 4 rings (SSSR count). The van der Waals surface area contributed by atoms with E-state index < -0.39 is 0 Å². The molecule has 0 fully saturated rings. The molecule has 0 amide bonds. The molecule has 0 N–H and O–H groups in total. The number of nitrogens with zero attached hydrogens (tertiary/aromatic N) is 2. The fraction of sp³-hybridized carbons (Fsp3) is 0.0870. The van der Waals surface area contributed by atoms with Gasteiger partial charge in [0.2, 0.25) is 0 Å². The fourth-order valence-electron chi connectivity index (χ4n) is 3.15. The highest BCUT2D eigenvalue weighted by Gasteiger charge is 2.08. The SMILES string of the molecule is C[n+]1ccc(C=Cc2cn(Cc3ccccc3)c3ccc(Cl)cc23)cc1. The summed E-state index contributed by atoms with van der Waals surface area (Å²) < 4.78 is 4.31. The number of fused-ring (bicyclic) bond motifs is 1. The Bertz CT molecular complexity index is 1060. The second-order valence-corrected chi connectivity index (χ2v) is 6.93. The monoisotopic (exact) mass is 359 g/mol. The normalized spacial score (nSPS) is 11.5. The van der Waals surface area contributed by atoms with Crippen LogP contribution in [0.3, 0.4) is 0 Å². The fourth-order valence-corrected chi connectivity index (χ4v) is 3.32. The minimum atomic E-state index is 0.761. The third-order valence-corrected chi connectivity index (χ3v) is 4.76. The first-order valence-corrected chi connectivity index (χ1v) is 9.02. The Morgan fingerprint density at radius 2 is 1.73 bits per heavy atom. The molecule has 0 atom stereocenters. The Hall–Kier alpha value is -2.84. The molecule has 0 aliphatic carbocycles. The van der Waals surface area contributed by atoms with E-state index in [0.717, 1.165) is 11.6 Å². The van der Waals surface area contributed by atoms with Gasteiger partial charge in [-0.2, -0.15) is 0 Å². The van der Waals surface area contributed by atoms with E-state index in [1.165, 1.54) is 27.6 Å². The predicted octanol–water partition coefficient (Wildman–Crippen LogP) is 5.34. The molecule has 0 spiro atoms. The second kappa shape index (κ2) is 7.19. The van der Waals surface area contributed by atoms with Crippen LogP contribution < -0.4 is 4.57 Å².